The van der Waals surface area contributed by atoms with Gasteiger partial charge in [-0.2, -0.15) is 0 Å². The first-order valence-corrected chi connectivity index (χ1v) is 5.27. The summed E-state index contributed by atoms with van der Waals surface area (Å²) in [5.74, 6) is -0.168. The molecule has 3 heteroatoms. The predicted molar refractivity (Wildman–Crippen MR) is 61.2 cm³/mol. The summed E-state index contributed by atoms with van der Waals surface area (Å²) in [5, 5.41) is 0. The molecule has 0 spiro atoms. The Labute approximate surface area is 94.4 Å². The molecule has 1 aliphatic rings. The summed E-state index contributed by atoms with van der Waals surface area (Å²) in [6.07, 6.45) is 0.219. The summed E-state index contributed by atoms with van der Waals surface area (Å²) < 4.78 is 0. The number of nitrogens with zero attached hydrogens (tertiary/aromatic N) is 1. The molecule has 0 radical (unpaired) electrons. The van der Waals surface area contributed by atoms with E-state index in [1.807, 2.05) is 6.92 Å². The molecule has 1 aliphatic heterocycles. The molecule has 0 bridgehead atoms. The number of benzene rings is 1. The molecule has 1 aromatic carbocycles. The third kappa shape index (κ3) is 1.54. The molecule has 2 rings (SSSR count). The van der Waals surface area contributed by atoms with Crippen LogP contribution in [0.4, 0.5) is 0 Å². The molecule has 0 aliphatic carbocycles. The monoisotopic (exact) mass is 215 g/mol. The van der Waals surface area contributed by atoms with E-state index in [1.165, 1.54) is 0 Å². The summed E-state index contributed by atoms with van der Waals surface area (Å²) in [7, 11) is 0. The van der Waals surface area contributed by atoms with Crippen LogP contribution in [0.1, 0.15) is 34.1 Å². The van der Waals surface area contributed by atoms with Crippen LogP contribution in [0.3, 0.4) is 0 Å². The normalized spacial score (nSPS) is 16.1. The number of allylic oxidation sites excluding steroid dienone is 1. The van der Waals surface area contributed by atoms with Crippen LogP contribution in [0, 0.1) is 0 Å². The fraction of sp³-hybridized carbons (Fsp3) is 0.231. The van der Waals surface area contributed by atoms with Gasteiger partial charge in [0.1, 0.15) is 0 Å². The van der Waals surface area contributed by atoms with Crippen LogP contribution in [0.5, 0.6) is 0 Å². The highest BCUT2D eigenvalue weighted by atomic mass is 16.2. The molecule has 82 valence electrons. The zero-order valence-corrected chi connectivity index (χ0v) is 9.19. The highest BCUT2D eigenvalue weighted by molar-refractivity contribution is 6.11. The summed E-state index contributed by atoms with van der Waals surface area (Å²) in [5.41, 5.74) is 1.56. The molecule has 0 atom stereocenters. The maximum atomic E-state index is 12.1. The topological polar surface area (TPSA) is 37.4 Å². The first kappa shape index (κ1) is 10.6. The summed E-state index contributed by atoms with van der Waals surface area (Å²) >= 11 is 0. The third-order valence-corrected chi connectivity index (χ3v) is 2.77. The molecule has 0 unspecified atom stereocenters. The van der Waals surface area contributed by atoms with Crippen molar-refractivity contribution in [2.75, 3.05) is 6.54 Å². The molecular weight excluding hydrogens is 202 g/mol. The molecule has 1 aromatic rings. The first-order chi connectivity index (χ1) is 7.65. The van der Waals surface area contributed by atoms with E-state index in [1.54, 1.807) is 29.2 Å². The SMILES string of the molecule is C=C1CC(=O)c2ccccc2C(=O)N1CC. The molecule has 1 heterocycles. The second-order valence-electron chi connectivity index (χ2n) is 3.76. The number of rotatable bonds is 1. The van der Waals surface area contributed by atoms with Crippen molar-refractivity contribution < 1.29 is 9.59 Å². The predicted octanol–water partition coefficient (Wildman–Crippen LogP) is 2.25. The maximum Gasteiger partial charge on any atom is 0.258 e. The van der Waals surface area contributed by atoms with Gasteiger partial charge in [-0.05, 0) is 13.0 Å². The molecule has 0 fully saturated rings. The van der Waals surface area contributed by atoms with Gasteiger partial charge in [-0.15, -0.1) is 0 Å². The number of carbonyl (C=O) groups excluding carboxylic acids is 2. The quantitative estimate of drug-likeness (QED) is 0.720. The zero-order valence-electron chi connectivity index (χ0n) is 9.19. The van der Waals surface area contributed by atoms with Crippen LogP contribution < -0.4 is 0 Å². The Balaban J connectivity index is 2.58. The molecule has 16 heavy (non-hydrogen) atoms. The second-order valence-corrected chi connectivity index (χ2v) is 3.76. The van der Waals surface area contributed by atoms with Crippen molar-refractivity contribution in [3.63, 3.8) is 0 Å². The van der Waals surface area contributed by atoms with Crippen LogP contribution in [0.2, 0.25) is 0 Å². The number of hydrogen-bond acceptors (Lipinski definition) is 2. The third-order valence-electron chi connectivity index (χ3n) is 2.77. The Kier molecular flexibility index (Phi) is 2.60. The molecular formula is C13H13NO2. The van der Waals surface area contributed by atoms with Crippen LogP contribution >= 0.6 is 0 Å². The summed E-state index contributed by atoms with van der Waals surface area (Å²) in [6, 6.07) is 6.93. The van der Waals surface area contributed by atoms with Gasteiger partial charge >= 0.3 is 0 Å². The molecule has 0 N–H and O–H groups in total. The molecule has 0 aromatic heterocycles. The minimum Gasteiger partial charge on any atom is -0.313 e. The average molecular weight is 215 g/mol. The number of hydrogen-bond donors (Lipinski definition) is 0. The Hall–Kier alpha value is -1.90. The van der Waals surface area contributed by atoms with Crippen molar-refractivity contribution in [2.45, 2.75) is 13.3 Å². The van der Waals surface area contributed by atoms with Crippen LogP contribution in [-0.2, 0) is 0 Å². The Morgan fingerprint density at radius 3 is 2.50 bits per heavy atom. The Bertz CT molecular complexity index is 477. The Morgan fingerprint density at radius 2 is 1.88 bits per heavy atom. The number of Topliss-reactive ketones (excluding diaryl/α,β-unsaturated/α-hetero) is 1. The highest BCUT2D eigenvalue weighted by Crippen LogP contribution is 2.23. The van der Waals surface area contributed by atoms with E-state index in [0.717, 1.165) is 0 Å². The van der Waals surface area contributed by atoms with Gasteiger partial charge in [-0.25, -0.2) is 0 Å². The molecule has 1 amide bonds. The molecule has 0 saturated carbocycles. The van der Waals surface area contributed by atoms with E-state index in [4.69, 9.17) is 0 Å². The second kappa shape index (κ2) is 3.93. The van der Waals surface area contributed by atoms with Gasteiger partial charge in [-0.3, -0.25) is 9.59 Å². The number of carbonyl (C=O) groups is 2. The smallest absolute Gasteiger partial charge is 0.258 e. The maximum absolute atomic E-state index is 12.1. The van der Waals surface area contributed by atoms with Crippen molar-refractivity contribution in [1.29, 1.82) is 0 Å². The fourth-order valence-electron chi connectivity index (χ4n) is 1.94. The van der Waals surface area contributed by atoms with Gasteiger partial charge in [-0.1, -0.05) is 24.8 Å². The van der Waals surface area contributed by atoms with E-state index >= 15 is 0 Å². The van der Waals surface area contributed by atoms with Gasteiger partial charge in [0.25, 0.3) is 5.91 Å². The first-order valence-electron chi connectivity index (χ1n) is 5.27. The molecule has 3 nitrogen and oxygen atoms in total. The summed E-state index contributed by atoms with van der Waals surface area (Å²) in [6.45, 7) is 6.21. The lowest BCUT2D eigenvalue weighted by molar-refractivity contribution is 0.0813. The molecule has 0 saturated heterocycles. The van der Waals surface area contributed by atoms with Crippen molar-refractivity contribution in [3.05, 3.63) is 47.7 Å². The zero-order chi connectivity index (χ0) is 11.7. The van der Waals surface area contributed by atoms with Crippen molar-refractivity contribution >= 4 is 11.7 Å². The highest BCUT2D eigenvalue weighted by Gasteiger charge is 2.27. The number of fused-ring (bicyclic) bond motifs is 1. The fourth-order valence-corrected chi connectivity index (χ4v) is 1.94. The largest absolute Gasteiger partial charge is 0.313 e. The van der Waals surface area contributed by atoms with E-state index in [9.17, 15) is 9.59 Å². The van der Waals surface area contributed by atoms with E-state index < -0.39 is 0 Å². The van der Waals surface area contributed by atoms with Gasteiger partial charge in [0.15, 0.2) is 5.78 Å². The van der Waals surface area contributed by atoms with Crippen molar-refractivity contribution in [3.8, 4) is 0 Å². The van der Waals surface area contributed by atoms with E-state index in [-0.39, 0.29) is 18.1 Å². The van der Waals surface area contributed by atoms with Gasteiger partial charge in [0.2, 0.25) is 0 Å². The van der Waals surface area contributed by atoms with Crippen LogP contribution in [0.15, 0.2) is 36.5 Å². The average Bonchev–Trinajstić information content (AvgIpc) is 2.37. The number of ketones is 1. The van der Waals surface area contributed by atoms with Crippen molar-refractivity contribution in [2.24, 2.45) is 0 Å². The van der Waals surface area contributed by atoms with E-state index in [0.29, 0.717) is 23.4 Å². The minimum absolute atomic E-state index is 0.0371. The minimum atomic E-state index is -0.131. The number of amides is 1. The van der Waals surface area contributed by atoms with E-state index in [2.05, 4.69) is 6.58 Å². The Morgan fingerprint density at radius 1 is 1.25 bits per heavy atom. The lowest BCUT2D eigenvalue weighted by Gasteiger charge is -2.20. The van der Waals surface area contributed by atoms with Gasteiger partial charge < -0.3 is 4.90 Å². The van der Waals surface area contributed by atoms with Crippen molar-refractivity contribution in [1.82, 2.24) is 4.90 Å². The van der Waals surface area contributed by atoms with Gasteiger partial charge in [0, 0.05) is 17.8 Å². The standard InChI is InChI=1S/C13H13NO2/c1-3-14-9(2)8-12(15)10-6-4-5-7-11(10)13(14)16/h4-7H,2-3,8H2,1H3. The van der Waals surface area contributed by atoms with Crippen LogP contribution in [0.25, 0.3) is 0 Å². The lowest BCUT2D eigenvalue weighted by atomic mass is 10.0. The summed E-state index contributed by atoms with van der Waals surface area (Å²) in [4.78, 5) is 25.6. The lowest BCUT2D eigenvalue weighted by Crippen LogP contribution is -2.28. The van der Waals surface area contributed by atoms with Gasteiger partial charge in [0.05, 0.1) is 12.0 Å². The van der Waals surface area contributed by atoms with Crippen LogP contribution in [-0.4, -0.2) is 23.1 Å².